The van der Waals surface area contributed by atoms with Crippen LogP contribution in [0.4, 0.5) is 0 Å². The topological polar surface area (TPSA) is 41.9 Å². The van der Waals surface area contributed by atoms with E-state index in [1.54, 1.807) is 0 Å². The molecule has 3 atom stereocenters. The summed E-state index contributed by atoms with van der Waals surface area (Å²) < 4.78 is 11.1. The molecule has 1 aliphatic carbocycles. The van der Waals surface area contributed by atoms with Gasteiger partial charge < -0.3 is 14.6 Å². The zero-order valence-electron chi connectivity index (χ0n) is 13.4. The number of fused-ring (bicyclic) bond motifs is 3. The van der Waals surface area contributed by atoms with Crippen molar-refractivity contribution in [1.29, 1.82) is 0 Å². The van der Waals surface area contributed by atoms with E-state index < -0.39 is 6.10 Å². The standard InChI is InChI=1S/C18H21NO3.Ac/c1-11-9-18-4-2-5-19(18)6-3-12-7-14-15(22-10-21-14)8-13(12)16(18)17(11)20;/h7-9,16-17,20H,2-6,10H2,1H3;. The van der Waals surface area contributed by atoms with Crippen molar-refractivity contribution >= 4 is 0 Å². The van der Waals surface area contributed by atoms with Gasteiger partial charge in [-0.1, -0.05) is 6.08 Å². The van der Waals surface area contributed by atoms with Crippen LogP contribution in [0.3, 0.4) is 0 Å². The number of hydrogen-bond acceptors (Lipinski definition) is 4. The van der Waals surface area contributed by atoms with Gasteiger partial charge in [0, 0.05) is 62.1 Å². The quantitative estimate of drug-likeness (QED) is 0.527. The van der Waals surface area contributed by atoms with Crippen LogP contribution in [0.15, 0.2) is 23.8 Å². The van der Waals surface area contributed by atoms with E-state index >= 15 is 0 Å². The summed E-state index contributed by atoms with van der Waals surface area (Å²) >= 11 is 0. The Labute approximate surface area is 172 Å². The SMILES string of the molecule is CC1=CC23CCCN2CCc2cc4c(cc2C3C1O)OCO4.[Ac]. The number of benzene rings is 1. The van der Waals surface area contributed by atoms with E-state index in [-0.39, 0.29) is 55.5 Å². The molecular formula is C18H21AcNO3. The maximum atomic E-state index is 10.9. The molecule has 1 spiro atoms. The second kappa shape index (κ2) is 5.73. The summed E-state index contributed by atoms with van der Waals surface area (Å²) in [6.45, 7) is 4.56. The molecule has 1 saturated heterocycles. The van der Waals surface area contributed by atoms with Gasteiger partial charge in [0.25, 0.3) is 0 Å². The smallest absolute Gasteiger partial charge is 0.231 e. The minimum atomic E-state index is -0.391. The molecule has 0 aromatic heterocycles. The van der Waals surface area contributed by atoms with Crippen LogP contribution in [0.2, 0.25) is 0 Å². The summed E-state index contributed by atoms with van der Waals surface area (Å²) in [5.74, 6) is 1.81. The van der Waals surface area contributed by atoms with Crippen LogP contribution in [-0.4, -0.2) is 41.5 Å². The molecule has 4 nitrogen and oxygen atoms in total. The Morgan fingerprint density at radius 2 is 2.00 bits per heavy atom. The fraction of sp³-hybridized carbons (Fsp3) is 0.556. The Morgan fingerprint density at radius 1 is 1.22 bits per heavy atom. The molecule has 1 fully saturated rings. The van der Waals surface area contributed by atoms with Crippen molar-refractivity contribution in [2.24, 2.45) is 0 Å². The summed E-state index contributed by atoms with van der Waals surface area (Å²) in [6, 6.07) is 4.26. The molecule has 5 rings (SSSR count). The maximum Gasteiger partial charge on any atom is 0.231 e. The second-order valence-corrected chi connectivity index (χ2v) is 7.05. The van der Waals surface area contributed by atoms with Gasteiger partial charge in [-0.05, 0) is 61.6 Å². The minimum absolute atomic E-state index is 0. The van der Waals surface area contributed by atoms with Crippen LogP contribution in [0, 0.1) is 44.1 Å². The van der Waals surface area contributed by atoms with E-state index in [0.29, 0.717) is 6.79 Å². The number of aliphatic hydroxyl groups is 1. The Kier molecular flexibility index (Phi) is 4.08. The van der Waals surface area contributed by atoms with E-state index in [2.05, 4.69) is 30.0 Å². The van der Waals surface area contributed by atoms with E-state index in [1.165, 1.54) is 17.5 Å². The summed E-state index contributed by atoms with van der Waals surface area (Å²) in [5, 5.41) is 10.9. The third kappa shape index (κ3) is 2.20. The number of hydrogen-bond donors (Lipinski definition) is 1. The first-order valence-corrected chi connectivity index (χ1v) is 8.24. The third-order valence-electron chi connectivity index (χ3n) is 6.01. The first-order chi connectivity index (χ1) is 10.7. The third-order valence-corrected chi connectivity index (χ3v) is 6.01. The molecule has 3 aliphatic heterocycles. The van der Waals surface area contributed by atoms with Gasteiger partial charge in [0.2, 0.25) is 6.79 Å². The molecule has 1 aromatic rings. The van der Waals surface area contributed by atoms with Crippen molar-refractivity contribution in [2.45, 2.75) is 43.7 Å². The van der Waals surface area contributed by atoms with Crippen LogP contribution < -0.4 is 9.47 Å². The van der Waals surface area contributed by atoms with Gasteiger partial charge in [0.05, 0.1) is 6.10 Å². The van der Waals surface area contributed by atoms with Crippen LogP contribution >= 0.6 is 0 Å². The molecule has 0 bridgehead atoms. The largest absolute Gasteiger partial charge is 0.454 e. The zero-order valence-corrected chi connectivity index (χ0v) is 18.2. The van der Waals surface area contributed by atoms with Crippen LogP contribution in [0.1, 0.15) is 36.8 Å². The molecule has 5 heteroatoms. The molecule has 1 N–H and O–H groups in total. The molecule has 0 amide bonds. The van der Waals surface area contributed by atoms with E-state index in [0.717, 1.165) is 43.0 Å². The van der Waals surface area contributed by atoms with Crippen molar-refractivity contribution in [2.75, 3.05) is 19.9 Å². The summed E-state index contributed by atoms with van der Waals surface area (Å²) in [5.41, 5.74) is 3.68. The Bertz CT molecular complexity index is 689. The average molecular weight is 526 g/mol. The number of aliphatic hydroxyl groups excluding tert-OH is 1. The zero-order chi connectivity index (χ0) is 14.9. The predicted octanol–water partition coefficient (Wildman–Crippen LogP) is 2.21. The molecule has 0 saturated carbocycles. The molecule has 3 unspecified atom stereocenters. The van der Waals surface area contributed by atoms with Gasteiger partial charge >= 0.3 is 0 Å². The fourth-order valence-corrected chi connectivity index (χ4v) is 5.06. The summed E-state index contributed by atoms with van der Waals surface area (Å²) in [6.07, 6.45) is 5.32. The van der Waals surface area contributed by atoms with E-state index in [9.17, 15) is 5.11 Å². The normalized spacial score (nSPS) is 34.1. The summed E-state index contributed by atoms with van der Waals surface area (Å²) in [7, 11) is 0. The first kappa shape index (κ1) is 16.4. The van der Waals surface area contributed by atoms with Crippen molar-refractivity contribution in [3.63, 3.8) is 0 Å². The Morgan fingerprint density at radius 3 is 2.83 bits per heavy atom. The molecule has 119 valence electrons. The number of ether oxygens (including phenoxy) is 2. The van der Waals surface area contributed by atoms with Gasteiger partial charge in [0.1, 0.15) is 0 Å². The minimum Gasteiger partial charge on any atom is -0.454 e. The van der Waals surface area contributed by atoms with Crippen molar-refractivity contribution in [1.82, 2.24) is 4.90 Å². The molecular weight excluding hydrogens is 505 g/mol. The molecule has 1 aromatic carbocycles. The maximum absolute atomic E-state index is 10.9. The molecule has 4 aliphatic rings. The van der Waals surface area contributed by atoms with Crippen molar-refractivity contribution in [3.05, 3.63) is 34.9 Å². The van der Waals surface area contributed by atoms with Gasteiger partial charge in [0.15, 0.2) is 11.5 Å². The first-order valence-electron chi connectivity index (χ1n) is 8.24. The molecule has 23 heavy (non-hydrogen) atoms. The number of nitrogens with zero attached hydrogens (tertiary/aromatic N) is 1. The van der Waals surface area contributed by atoms with Crippen LogP contribution in [-0.2, 0) is 6.42 Å². The van der Waals surface area contributed by atoms with E-state index in [1.807, 2.05) is 0 Å². The Balaban J connectivity index is 0.00000135. The monoisotopic (exact) mass is 526 g/mol. The van der Waals surface area contributed by atoms with Gasteiger partial charge in [-0.25, -0.2) is 0 Å². The van der Waals surface area contributed by atoms with Crippen molar-refractivity contribution in [3.8, 4) is 11.5 Å². The Hall–Kier alpha value is -0.0784. The molecule has 1 radical (unpaired) electrons. The number of rotatable bonds is 0. The van der Waals surface area contributed by atoms with Crippen LogP contribution in [0.25, 0.3) is 0 Å². The predicted molar refractivity (Wildman–Crippen MR) is 82.3 cm³/mol. The second-order valence-electron chi connectivity index (χ2n) is 7.05. The van der Waals surface area contributed by atoms with Crippen molar-refractivity contribution < 1.29 is 58.6 Å². The average Bonchev–Trinajstić information content (AvgIpc) is 3.15. The van der Waals surface area contributed by atoms with Gasteiger partial charge in [-0.3, -0.25) is 4.90 Å². The molecule has 3 heterocycles. The van der Waals surface area contributed by atoms with Gasteiger partial charge in [-0.2, -0.15) is 0 Å². The van der Waals surface area contributed by atoms with Crippen LogP contribution in [0.5, 0.6) is 11.5 Å². The van der Waals surface area contributed by atoms with Gasteiger partial charge in [-0.15, -0.1) is 0 Å². The fourth-order valence-electron chi connectivity index (χ4n) is 5.06. The summed E-state index contributed by atoms with van der Waals surface area (Å²) in [4.78, 5) is 2.59. The van der Waals surface area contributed by atoms with E-state index in [4.69, 9.17) is 9.47 Å².